The fourth-order valence-corrected chi connectivity index (χ4v) is 5.11. The Morgan fingerprint density at radius 3 is 2.54 bits per heavy atom. The van der Waals surface area contributed by atoms with E-state index in [1.165, 1.54) is 12.1 Å². The number of ether oxygens (including phenoxy) is 1. The van der Waals surface area contributed by atoms with Gasteiger partial charge in [0.25, 0.3) is 0 Å². The van der Waals surface area contributed by atoms with Crippen LogP contribution in [0.4, 0.5) is 23.2 Å². The molecule has 39 heavy (non-hydrogen) atoms. The molecule has 4 rings (SSSR count). The molecule has 0 radical (unpaired) electrons. The molecule has 0 unspecified atom stereocenters. The zero-order valence-electron chi connectivity index (χ0n) is 20.4. The predicted molar refractivity (Wildman–Crippen MR) is 127 cm³/mol. The van der Waals surface area contributed by atoms with Crippen LogP contribution in [0, 0.1) is 17.2 Å². The molecule has 1 aromatic rings. The molecule has 0 aromatic heterocycles. The second kappa shape index (κ2) is 11.1. The Kier molecular flexibility index (Phi) is 8.17. The van der Waals surface area contributed by atoms with Gasteiger partial charge in [0.15, 0.2) is 5.78 Å². The van der Waals surface area contributed by atoms with E-state index in [1.807, 2.05) is 0 Å². The van der Waals surface area contributed by atoms with Gasteiger partial charge < -0.3 is 20.9 Å². The van der Waals surface area contributed by atoms with E-state index in [0.717, 1.165) is 11.0 Å². The number of likely N-dealkylation sites (tertiary alicyclic amines) is 1. The summed E-state index contributed by atoms with van der Waals surface area (Å²) in [6.45, 7) is -1.03. The number of hydrogen-bond donors (Lipinski definition) is 3. The third-order valence-corrected chi connectivity index (χ3v) is 7.51. The molecule has 2 aliphatic heterocycles. The zero-order valence-corrected chi connectivity index (χ0v) is 21.2. The van der Waals surface area contributed by atoms with Gasteiger partial charge >= 0.3 is 18.2 Å². The van der Waals surface area contributed by atoms with Crippen molar-refractivity contribution in [3.8, 4) is 0 Å². The molecular formula is C24H25ClF4N4O6. The van der Waals surface area contributed by atoms with Gasteiger partial charge in [-0.2, -0.15) is 0 Å². The van der Waals surface area contributed by atoms with Crippen LogP contribution in [-0.2, 0) is 28.7 Å². The zero-order chi connectivity index (χ0) is 28.5. The molecule has 15 heteroatoms. The molecule has 3 atom stereocenters. The van der Waals surface area contributed by atoms with E-state index in [0.29, 0.717) is 25.8 Å². The van der Waals surface area contributed by atoms with Gasteiger partial charge in [-0.05, 0) is 49.7 Å². The number of anilines is 1. The van der Waals surface area contributed by atoms with Gasteiger partial charge in [-0.15, -0.1) is 13.2 Å². The van der Waals surface area contributed by atoms with Crippen molar-refractivity contribution < 1.29 is 46.3 Å². The number of benzene rings is 1. The van der Waals surface area contributed by atoms with E-state index < -0.39 is 77.3 Å². The van der Waals surface area contributed by atoms with Gasteiger partial charge in [0.05, 0.1) is 16.8 Å². The van der Waals surface area contributed by atoms with Crippen molar-refractivity contribution in [1.82, 2.24) is 15.5 Å². The van der Waals surface area contributed by atoms with Crippen LogP contribution >= 0.6 is 11.6 Å². The third kappa shape index (κ3) is 6.85. The van der Waals surface area contributed by atoms with Crippen molar-refractivity contribution in [2.45, 2.75) is 50.6 Å². The first kappa shape index (κ1) is 28.7. The number of hydrogen-bond acceptors (Lipinski definition) is 6. The maximum absolute atomic E-state index is 14.1. The van der Waals surface area contributed by atoms with Crippen molar-refractivity contribution >= 4 is 46.7 Å². The van der Waals surface area contributed by atoms with Crippen molar-refractivity contribution in [3.05, 3.63) is 29.0 Å². The summed E-state index contributed by atoms with van der Waals surface area (Å²) in [7, 11) is 0. The van der Waals surface area contributed by atoms with Crippen molar-refractivity contribution in [3.63, 3.8) is 0 Å². The molecule has 1 aliphatic carbocycles. The van der Waals surface area contributed by atoms with Crippen LogP contribution in [0.25, 0.3) is 0 Å². The normalized spacial score (nSPS) is 22.4. The Hall–Kier alpha value is -3.26. The van der Waals surface area contributed by atoms with E-state index in [-0.39, 0.29) is 24.4 Å². The van der Waals surface area contributed by atoms with Gasteiger partial charge in [-0.25, -0.2) is 4.39 Å². The number of nitrogens with one attached hydrogen (secondary N) is 3. The van der Waals surface area contributed by atoms with Gasteiger partial charge in [0.2, 0.25) is 11.8 Å². The number of rotatable bonds is 8. The minimum atomic E-state index is -5.09. The summed E-state index contributed by atoms with van der Waals surface area (Å²) in [4.78, 5) is 64.7. The smallest absolute Gasteiger partial charge is 0.356 e. The predicted octanol–water partition coefficient (Wildman–Crippen LogP) is 1.92. The summed E-state index contributed by atoms with van der Waals surface area (Å²) >= 11 is 5.91. The van der Waals surface area contributed by atoms with E-state index in [9.17, 15) is 41.5 Å². The number of ketones is 1. The number of halogens is 5. The number of amides is 4. The molecule has 2 heterocycles. The Balaban J connectivity index is 1.49. The molecule has 1 spiro atoms. The van der Waals surface area contributed by atoms with Crippen LogP contribution in [0.1, 0.15) is 32.1 Å². The van der Waals surface area contributed by atoms with Crippen molar-refractivity contribution in [2.75, 3.05) is 25.0 Å². The van der Waals surface area contributed by atoms with Crippen LogP contribution in [0.15, 0.2) is 18.2 Å². The molecule has 2 saturated heterocycles. The van der Waals surface area contributed by atoms with Gasteiger partial charge in [0.1, 0.15) is 18.5 Å². The molecule has 3 aliphatic rings. The lowest BCUT2D eigenvalue weighted by Gasteiger charge is -2.26. The highest BCUT2D eigenvalue weighted by atomic mass is 35.5. The first-order valence-corrected chi connectivity index (χ1v) is 12.5. The van der Waals surface area contributed by atoms with Gasteiger partial charge in [0, 0.05) is 19.0 Å². The molecule has 212 valence electrons. The number of nitrogens with zero attached hydrogens (tertiary/aromatic N) is 1. The van der Waals surface area contributed by atoms with Crippen molar-refractivity contribution in [2.24, 2.45) is 11.3 Å². The Morgan fingerprint density at radius 2 is 1.95 bits per heavy atom. The summed E-state index contributed by atoms with van der Waals surface area (Å²) in [6.07, 6.45) is -3.54. The van der Waals surface area contributed by atoms with Crippen molar-refractivity contribution in [1.29, 1.82) is 0 Å². The first-order valence-electron chi connectivity index (χ1n) is 12.2. The molecule has 10 nitrogen and oxygen atoms in total. The lowest BCUT2D eigenvalue weighted by molar-refractivity contribution is -0.321. The Morgan fingerprint density at radius 1 is 1.23 bits per heavy atom. The Bertz CT molecular complexity index is 1170. The summed E-state index contributed by atoms with van der Waals surface area (Å²) < 4.78 is 55.3. The molecule has 4 amide bonds. The molecular weight excluding hydrogens is 552 g/mol. The number of Topliss-reactive ketones (excluding diaryl/α,β-unsaturated/α-hetero) is 1. The highest BCUT2D eigenvalue weighted by Crippen LogP contribution is 2.54. The largest absolute Gasteiger partial charge is 0.522 e. The number of para-hydroxylation sites is 1. The highest BCUT2D eigenvalue weighted by Gasteiger charge is 2.56. The van der Waals surface area contributed by atoms with Crippen LogP contribution in [0.2, 0.25) is 5.02 Å². The average Bonchev–Trinajstić information content (AvgIpc) is 3.33. The van der Waals surface area contributed by atoms with Gasteiger partial charge in [-0.1, -0.05) is 17.7 Å². The summed E-state index contributed by atoms with van der Waals surface area (Å²) in [5.74, 6) is -6.37. The van der Waals surface area contributed by atoms with Crippen LogP contribution < -0.4 is 16.0 Å². The summed E-state index contributed by atoms with van der Waals surface area (Å²) in [5, 5.41) is 6.90. The van der Waals surface area contributed by atoms with E-state index >= 15 is 0 Å². The van der Waals surface area contributed by atoms with E-state index in [2.05, 4.69) is 20.7 Å². The number of carbonyl (C=O) groups is 5. The fourth-order valence-electron chi connectivity index (χ4n) is 4.90. The average molecular weight is 577 g/mol. The molecule has 1 aromatic carbocycles. The first-order chi connectivity index (χ1) is 18.3. The third-order valence-electron chi connectivity index (χ3n) is 7.19. The van der Waals surface area contributed by atoms with Gasteiger partial charge in [-0.3, -0.25) is 28.7 Å². The minimum absolute atomic E-state index is 0.0448. The van der Waals surface area contributed by atoms with E-state index in [4.69, 9.17) is 11.6 Å². The van der Waals surface area contributed by atoms with Crippen LogP contribution in [0.5, 0.6) is 0 Å². The monoisotopic (exact) mass is 576 g/mol. The second-order valence-corrected chi connectivity index (χ2v) is 10.4. The fraction of sp³-hybridized carbons (Fsp3) is 0.542. The Labute approximate surface area is 224 Å². The SMILES string of the molecule is O=C(Nc1c(F)cccc1Cl)C(=O)N1CC2(CC2)C[C@H]1C(=O)N[C@@H](C[C@@H]1CCNC1=O)C(=O)COC(F)(F)F. The maximum Gasteiger partial charge on any atom is 0.522 e. The maximum atomic E-state index is 14.1. The topological polar surface area (TPSA) is 134 Å². The molecule has 3 fully saturated rings. The summed E-state index contributed by atoms with van der Waals surface area (Å²) in [5.41, 5.74) is -0.832. The molecule has 1 saturated carbocycles. The summed E-state index contributed by atoms with van der Waals surface area (Å²) in [6, 6.07) is 0.909. The van der Waals surface area contributed by atoms with Crippen LogP contribution in [-0.4, -0.2) is 72.5 Å². The highest BCUT2D eigenvalue weighted by molar-refractivity contribution is 6.41. The minimum Gasteiger partial charge on any atom is -0.356 e. The number of alkyl halides is 3. The van der Waals surface area contributed by atoms with Crippen LogP contribution in [0.3, 0.4) is 0 Å². The van der Waals surface area contributed by atoms with E-state index in [1.54, 1.807) is 0 Å². The second-order valence-electron chi connectivity index (χ2n) is 9.98. The number of carbonyl (C=O) groups excluding carboxylic acids is 5. The lowest BCUT2D eigenvalue weighted by Crippen LogP contribution is -2.53. The lowest BCUT2D eigenvalue weighted by atomic mass is 9.95. The quantitative estimate of drug-likeness (QED) is 0.320. The standard InChI is InChI=1S/C24H25ClF4N4O6/c25-13-2-1-3-14(26)18(13)32-21(37)22(38)33-11-23(5-6-23)9-16(33)20(36)31-15(8-12-4-7-30-19(12)35)17(34)10-39-24(27,28)29/h1-3,12,15-16H,4-11H2,(H,30,35)(H,31,36)(H,32,37)/t12-,15-,16-/m0/s1. The molecule has 3 N–H and O–H groups in total. The molecule has 0 bridgehead atoms.